The fraction of sp³-hybridized carbons (Fsp3) is 0.375. The number of aliphatic carboxylic acids is 1. The number of benzene rings is 2. The Bertz CT molecular complexity index is 991. The molecule has 0 aliphatic heterocycles. The Hall–Kier alpha value is -3.43. The molecule has 0 aromatic heterocycles. The lowest BCUT2D eigenvalue weighted by molar-refractivity contribution is -0.163. The zero-order valence-corrected chi connectivity index (χ0v) is 18.2. The van der Waals surface area contributed by atoms with Crippen molar-refractivity contribution >= 4 is 18.0 Å². The summed E-state index contributed by atoms with van der Waals surface area (Å²) in [7, 11) is 1.38. The first-order valence-corrected chi connectivity index (χ1v) is 10.8. The van der Waals surface area contributed by atoms with Crippen LogP contribution in [0.15, 0.2) is 48.5 Å². The molecule has 9 nitrogen and oxygen atoms in total. The minimum Gasteiger partial charge on any atom is -0.479 e. The first kappa shape index (κ1) is 22.8. The molecule has 0 heterocycles. The third-order valence-corrected chi connectivity index (χ3v) is 5.87. The van der Waals surface area contributed by atoms with E-state index in [1.54, 1.807) is 0 Å². The Morgan fingerprint density at radius 3 is 2.18 bits per heavy atom. The molecule has 33 heavy (non-hydrogen) atoms. The van der Waals surface area contributed by atoms with Crippen LogP contribution in [-0.4, -0.2) is 55.5 Å². The molecule has 0 spiro atoms. The summed E-state index contributed by atoms with van der Waals surface area (Å²) in [4.78, 5) is 41.3. The quantitative estimate of drug-likeness (QED) is 0.471. The smallest absolute Gasteiger partial charge is 0.407 e. The maximum Gasteiger partial charge on any atom is 0.407 e. The summed E-state index contributed by atoms with van der Waals surface area (Å²) < 4.78 is 10.5. The van der Waals surface area contributed by atoms with E-state index in [0.29, 0.717) is 0 Å². The highest BCUT2D eigenvalue weighted by atomic mass is 16.7. The molecule has 0 saturated heterocycles. The molecule has 0 bridgehead atoms. The Morgan fingerprint density at radius 1 is 1.03 bits per heavy atom. The Balaban J connectivity index is 1.35. The number of carboxylic acid groups (broad SMARTS) is 1. The fourth-order valence-electron chi connectivity index (χ4n) is 4.07. The number of rotatable bonds is 10. The van der Waals surface area contributed by atoms with Crippen molar-refractivity contribution in [1.82, 2.24) is 10.8 Å². The van der Waals surface area contributed by atoms with Gasteiger partial charge >= 0.3 is 12.1 Å². The van der Waals surface area contributed by atoms with Crippen molar-refractivity contribution in [3.8, 4) is 11.1 Å². The molecule has 2 aromatic rings. The second-order valence-corrected chi connectivity index (χ2v) is 8.16. The first-order chi connectivity index (χ1) is 16.0. The van der Waals surface area contributed by atoms with E-state index in [9.17, 15) is 19.5 Å². The number of carboxylic acids is 1. The Labute approximate surface area is 191 Å². The van der Waals surface area contributed by atoms with Gasteiger partial charge in [0.15, 0.2) is 6.10 Å². The minimum atomic E-state index is -1.15. The average molecular weight is 454 g/mol. The van der Waals surface area contributed by atoms with Gasteiger partial charge in [-0.2, -0.15) is 0 Å². The standard InChI is InChI=1S/C24H26N2O7/c1-31-13-20(22(27)26-33-21(23(28)29)14-10-11-14)25-24(30)32-12-19-17-8-4-2-6-15(17)16-7-3-5-9-18(16)19/h2-9,14,19-21H,10-13H2,1H3,(H,25,30)(H,26,27)(H,28,29). The summed E-state index contributed by atoms with van der Waals surface area (Å²) >= 11 is 0. The van der Waals surface area contributed by atoms with Crippen molar-refractivity contribution in [2.45, 2.75) is 30.9 Å². The van der Waals surface area contributed by atoms with E-state index in [0.717, 1.165) is 35.1 Å². The number of carbonyl (C=O) groups is 3. The van der Waals surface area contributed by atoms with Gasteiger partial charge in [-0.05, 0) is 41.0 Å². The van der Waals surface area contributed by atoms with Crippen LogP contribution in [0.2, 0.25) is 0 Å². The van der Waals surface area contributed by atoms with E-state index in [-0.39, 0.29) is 25.0 Å². The van der Waals surface area contributed by atoms with Crippen molar-refractivity contribution in [1.29, 1.82) is 0 Å². The molecule has 1 fully saturated rings. The van der Waals surface area contributed by atoms with Crippen LogP contribution in [0.4, 0.5) is 4.79 Å². The topological polar surface area (TPSA) is 123 Å². The van der Waals surface area contributed by atoms with Gasteiger partial charge in [0.2, 0.25) is 0 Å². The average Bonchev–Trinajstić information content (AvgIpc) is 3.59. The number of carbonyl (C=O) groups excluding carboxylic acids is 2. The largest absolute Gasteiger partial charge is 0.479 e. The van der Waals surface area contributed by atoms with E-state index in [2.05, 4.69) is 10.8 Å². The lowest BCUT2D eigenvalue weighted by Gasteiger charge is -2.20. The highest BCUT2D eigenvalue weighted by Gasteiger charge is 2.38. The van der Waals surface area contributed by atoms with Gasteiger partial charge in [0.05, 0.1) is 6.61 Å². The lowest BCUT2D eigenvalue weighted by atomic mass is 9.98. The molecule has 2 atom stereocenters. The summed E-state index contributed by atoms with van der Waals surface area (Å²) in [6.07, 6.45) is -0.448. The van der Waals surface area contributed by atoms with Crippen molar-refractivity contribution in [3.63, 3.8) is 0 Å². The lowest BCUT2D eigenvalue weighted by Crippen LogP contribution is -2.50. The number of alkyl carbamates (subject to hydrolysis) is 1. The molecular formula is C24H26N2O7. The van der Waals surface area contributed by atoms with Crippen LogP contribution in [0.5, 0.6) is 0 Å². The summed E-state index contributed by atoms with van der Waals surface area (Å²) in [6, 6.07) is 14.8. The Kier molecular flexibility index (Phi) is 6.90. The van der Waals surface area contributed by atoms with Crippen LogP contribution in [0.3, 0.4) is 0 Å². The first-order valence-electron chi connectivity index (χ1n) is 10.8. The molecule has 0 radical (unpaired) electrons. The number of fused-ring (bicyclic) bond motifs is 3. The number of nitrogens with one attached hydrogen (secondary N) is 2. The van der Waals surface area contributed by atoms with E-state index in [1.807, 2.05) is 48.5 Å². The zero-order valence-electron chi connectivity index (χ0n) is 18.2. The molecule has 2 amide bonds. The summed E-state index contributed by atoms with van der Waals surface area (Å²) in [5.74, 6) is -2.11. The summed E-state index contributed by atoms with van der Waals surface area (Å²) in [5.41, 5.74) is 6.50. The second kappa shape index (κ2) is 10.0. The van der Waals surface area contributed by atoms with Crippen LogP contribution in [-0.2, 0) is 23.9 Å². The Morgan fingerprint density at radius 2 is 1.64 bits per heavy atom. The molecule has 2 unspecified atom stereocenters. The van der Waals surface area contributed by atoms with Crippen molar-refractivity contribution in [3.05, 3.63) is 59.7 Å². The number of ether oxygens (including phenoxy) is 2. The maximum absolute atomic E-state index is 12.5. The van der Waals surface area contributed by atoms with Gasteiger partial charge in [-0.25, -0.2) is 15.1 Å². The van der Waals surface area contributed by atoms with Gasteiger partial charge in [-0.15, -0.1) is 0 Å². The van der Waals surface area contributed by atoms with Crippen molar-refractivity contribution in [2.75, 3.05) is 20.3 Å². The predicted molar refractivity (Wildman–Crippen MR) is 117 cm³/mol. The molecule has 1 saturated carbocycles. The van der Waals surface area contributed by atoms with Gasteiger partial charge in [-0.1, -0.05) is 48.5 Å². The zero-order chi connectivity index (χ0) is 23.4. The maximum atomic E-state index is 12.5. The van der Waals surface area contributed by atoms with Crippen LogP contribution in [0, 0.1) is 5.92 Å². The highest BCUT2D eigenvalue weighted by Crippen LogP contribution is 2.44. The van der Waals surface area contributed by atoms with Crippen LogP contribution >= 0.6 is 0 Å². The van der Waals surface area contributed by atoms with Gasteiger partial charge < -0.3 is 19.9 Å². The van der Waals surface area contributed by atoms with E-state index >= 15 is 0 Å². The molecule has 9 heteroatoms. The number of hydroxylamine groups is 1. The number of hydrogen-bond donors (Lipinski definition) is 3. The van der Waals surface area contributed by atoms with Gasteiger partial charge in [0, 0.05) is 13.0 Å². The third kappa shape index (κ3) is 5.15. The number of amides is 2. The molecular weight excluding hydrogens is 428 g/mol. The number of methoxy groups -OCH3 is 1. The summed E-state index contributed by atoms with van der Waals surface area (Å²) in [6.45, 7) is -0.0407. The van der Waals surface area contributed by atoms with Crippen LogP contribution < -0.4 is 10.8 Å². The molecule has 2 aliphatic carbocycles. The SMILES string of the molecule is COCC(NC(=O)OCC1c2ccccc2-c2ccccc21)C(=O)NOC(C(=O)O)C1CC1. The van der Waals surface area contributed by atoms with Gasteiger partial charge in [0.1, 0.15) is 12.6 Å². The van der Waals surface area contributed by atoms with E-state index in [4.69, 9.17) is 14.3 Å². The molecule has 174 valence electrons. The van der Waals surface area contributed by atoms with Crippen LogP contribution in [0.1, 0.15) is 29.9 Å². The van der Waals surface area contributed by atoms with Crippen molar-refractivity contribution in [2.24, 2.45) is 5.92 Å². The van der Waals surface area contributed by atoms with Gasteiger partial charge in [0.25, 0.3) is 5.91 Å². The number of hydrogen-bond acceptors (Lipinski definition) is 6. The second-order valence-electron chi connectivity index (χ2n) is 8.16. The van der Waals surface area contributed by atoms with Crippen molar-refractivity contribution < 1.29 is 33.8 Å². The third-order valence-electron chi connectivity index (χ3n) is 5.87. The van der Waals surface area contributed by atoms with Crippen LogP contribution in [0.25, 0.3) is 11.1 Å². The molecule has 2 aliphatic rings. The van der Waals surface area contributed by atoms with Gasteiger partial charge in [-0.3, -0.25) is 9.63 Å². The minimum absolute atomic E-state index is 0.0977. The monoisotopic (exact) mass is 454 g/mol. The normalized spacial score (nSPS) is 16.3. The highest BCUT2D eigenvalue weighted by molar-refractivity contribution is 5.85. The van der Waals surface area contributed by atoms with E-state index in [1.165, 1.54) is 7.11 Å². The summed E-state index contributed by atoms with van der Waals surface area (Å²) in [5, 5.41) is 11.7. The molecule has 3 N–H and O–H groups in total. The predicted octanol–water partition coefficient (Wildman–Crippen LogP) is 2.45. The molecule has 4 rings (SSSR count). The van der Waals surface area contributed by atoms with E-state index < -0.39 is 30.1 Å². The molecule has 2 aromatic carbocycles. The fourth-order valence-corrected chi connectivity index (χ4v) is 4.07.